The van der Waals surface area contributed by atoms with Gasteiger partial charge in [0.05, 0.1) is 12.3 Å². The van der Waals surface area contributed by atoms with E-state index in [-0.39, 0.29) is 17.0 Å². The SMILES string of the molecule is [N-]=[N+]=N[C@]1(CO)O[C@@H](c2cc(F)c3c(N)ncnn23)[C@H](F)[C@@H]1O. The molecule has 0 spiro atoms. The van der Waals surface area contributed by atoms with Crippen LogP contribution in [0.2, 0.25) is 0 Å². The second-order valence-electron chi connectivity index (χ2n) is 4.94. The molecule has 1 fully saturated rings. The molecule has 0 aliphatic carbocycles. The molecule has 122 valence electrons. The zero-order valence-corrected chi connectivity index (χ0v) is 11.4. The van der Waals surface area contributed by atoms with Gasteiger partial charge in [0.2, 0.25) is 0 Å². The van der Waals surface area contributed by atoms with E-state index in [1.807, 2.05) is 0 Å². The maximum atomic E-state index is 14.4. The molecular weight excluding hydrogens is 316 g/mol. The van der Waals surface area contributed by atoms with E-state index in [1.165, 1.54) is 0 Å². The van der Waals surface area contributed by atoms with E-state index in [0.717, 1.165) is 16.9 Å². The highest BCUT2D eigenvalue weighted by atomic mass is 19.1. The maximum Gasteiger partial charge on any atom is 0.199 e. The number of halogens is 2. The minimum absolute atomic E-state index is 0.110. The molecule has 0 unspecified atom stereocenters. The molecule has 0 radical (unpaired) electrons. The number of rotatable bonds is 3. The predicted molar refractivity (Wildman–Crippen MR) is 71.0 cm³/mol. The van der Waals surface area contributed by atoms with Crippen molar-refractivity contribution >= 4 is 11.3 Å². The number of aromatic nitrogens is 3. The number of alkyl halides is 1. The highest BCUT2D eigenvalue weighted by Crippen LogP contribution is 2.43. The van der Waals surface area contributed by atoms with Crippen molar-refractivity contribution in [1.82, 2.24) is 14.6 Å². The van der Waals surface area contributed by atoms with E-state index in [2.05, 4.69) is 20.1 Å². The first kappa shape index (κ1) is 15.4. The Balaban J connectivity index is 2.13. The van der Waals surface area contributed by atoms with Gasteiger partial charge in [-0.2, -0.15) is 5.10 Å². The van der Waals surface area contributed by atoms with Crippen molar-refractivity contribution in [2.45, 2.75) is 24.1 Å². The van der Waals surface area contributed by atoms with E-state index in [0.29, 0.717) is 0 Å². The van der Waals surface area contributed by atoms with Crippen molar-refractivity contribution in [2.75, 3.05) is 12.3 Å². The van der Waals surface area contributed by atoms with Crippen LogP contribution in [0.15, 0.2) is 17.5 Å². The summed E-state index contributed by atoms with van der Waals surface area (Å²) in [5.41, 5.74) is 11.6. The van der Waals surface area contributed by atoms with Crippen LogP contribution in [0.4, 0.5) is 14.6 Å². The van der Waals surface area contributed by atoms with Crippen LogP contribution < -0.4 is 5.73 Å². The summed E-state index contributed by atoms with van der Waals surface area (Å²) in [6.07, 6.45) is -4.53. The molecule has 23 heavy (non-hydrogen) atoms. The lowest BCUT2D eigenvalue weighted by Crippen LogP contribution is -2.43. The first-order valence-electron chi connectivity index (χ1n) is 6.40. The molecule has 2 aromatic heterocycles. The van der Waals surface area contributed by atoms with E-state index in [1.54, 1.807) is 0 Å². The summed E-state index contributed by atoms with van der Waals surface area (Å²) in [4.78, 5) is 6.07. The fraction of sp³-hybridized carbons (Fsp3) is 0.455. The normalized spacial score (nSPS) is 30.5. The van der Waals surface area contributed by atoms with Gasteiger partial charge in [0.25, 0.3) is 0 Å². The molecule has 1 aliphatic rings. The summed E-state index contributed by atoms with van der Waals surface area (Å²) in [5, 5.41) is 26.2. The Hall–Kier alpha value is -2.53. The lowest BCUT2D eigenvalue weighted by atomic mass is 10.0. The molecule has 4 atom stereocenters. The zero-order chi connectivity index (χ0) is 16.8. The zero-order valence-electron chi connectivity index (χ0n) is 11.4. The molecule has 0 saturated carbocycles. The van der Waals surface area contributed by atoms with Gasteiger partial charge < -0.3 is 20.7 Å². The number of nitrogens with zero attached hydrogens (tertiary/aromatic N) is 6. The number of nitrogens with two attached hydrogens (primary N) is 1. The Bertz CT molecular complexity index is 808. The topological polar surface area (TPSA) is 155 Å². The summed E-state index contributed by atoms with van der Waals surface area (Å²) in [7, 11) is 0. The number of aliphatic hydroxyl groups excluding tert-OH is 2. The lowest BCUT2D eigenvalue weighted by Gasteiger charge is -2.23. The average Bonchev–Trinajstić information content (AvgIpc) is 2.99. The van der Waals surface area contributed by atoms with Gasteiger partial charge in [-0.3, -0.25) is 0 Å². The molecule has 4 N–H and O–H groups in total. The molecule has 12 heteroatoms. The van der Waals surface area contributed by atoms with Crippen LogP contribution >= 0.6 is 0 Å². The van der Waals surface area contributed by atoms with E-state index in [9.17, 15) is 19.0 Å². The number of anilines is 1. The molecule has 3 heterocycles. The number of ether oxygens (including phenoxy) is 1. The quantitative estimate of drug-likeness (QED) is 0.416. The minimum atomic E-state index is -2.21. The van der Waals surface area contributed by atoms with Gasteiger partial charge in [-0.05, 0) is 5.53 Å². The first-order chi connectivity index (χ1) is 10.9. The Morgan fingerprint density at radius 3 is 3.00 bits per heavy atom. The summed E-state index contributed by atoms with van der Waals surface area (Å²) in [5.74, 6) is -0.977. The van der Waals surface area contributed by atoms with Gasteiger partial charge in [-0.1, -0.05) is 5.11 Å². The lowest BCUT2D eigenvalue weighted by molar-refractivity contribution is -0.108. The summed E-state index contributed by atoms with van der Waals surface area (Å²) < 4.78 is 34.6. The van der Waals surface area contributed by atoms with Crippen LogP contribution in [0.5, 0.6) is 0 Å². The molecule has 10 nitrogen and oxygen atoms in total. The van der Waals surface area contributed by atoms with E-state index in [4.69, 9.17) is 16.0 Å². The van der Waals surface area contributed by atoms with Crippen LogP contribution in [0, 0.1) is 5.82 Å². The molecule has 1 aliphatic heterocycles. The Kier molecular flexibility index (Phi) is 3.53. The molecule has 2 aromatic rings. The molecule has 0 aromatic carbocycles. The third-order valence-electron chi connectivity index (χ3n) is 3.68. The molecule has 0 bridgehead atoms. The third kappa shape index (κ3) is 2.08. The van der Waals surface area contributed by atoms with Crippen molar-refractivity contribution in [2.24, 2.45) is 5.11 Å². The Labute approximate surface area is 126 Å². The molecule has 1 saturated heterocycles. The highest BCUT2D eigenvalue weighted by Gasteiger charge is 2.56. The summed E-state index contributed by atoms with van der Waals surface area (Å²) >= 11 is 0. The highest BCUT2D eigenvalue weighted by molar-refractivity contribution is 5.66. The summed E-state index contributed by atoms with van der Waals surface area (Å²) in [6.45, 7) is -0.960. The van der Waals surface area contributed by atoms with Crippen molar-refractivity contribution < 1.29 is 23.7 Å². The van der Waals surface area contributed by atoms with Gasteiger partial charge >= 0.3 is 0 Å². The van der Waals surface area contributed by atoms with Gasteiger partial charge in [0.15, 0.2) is 23.5 Å². The second kappa shape index (κ2) is 5.28. The van der Waals surface area contributed by atoms with Crippen molar-refractivity contribution in [3.05, 3.63) is 34.3 Å². The number of fused-ring (bicyclic) bond motifs is 1. The van der Waals surface area contributed by atoms with Crippen LogP contribution in [0.25, 0.3) is 16.0 Å². The van der Waals surface area contributed by atoms with Crippen molar-refractivity contribution in [3.63, 3.8) is 0 Å². The number of hydrogen-bond donors (Lipinski definition) is 3. The Morgan fingerprint density at radius 1 is 1.61 bits per heavy atom. The smallest absolute Gasteiger partial charge is 0.199 e. The van der Waals surface area contributed by atoms with Gasteiger partial charge in [-0.15, -0.1) is 0 Å². The first-order valence-corrected chi connectivity index (χ1v) is 6.40. The largest absolute Gasteiger partial charge is 0.393 e. The van der Waals surface area contributed by atoms with Crippen LogP contribution in [-0.4, -0.2) is 49.4 Å². The molecule has 0 amide bonds. The van der Waals surface area contributed by atoms with E-state index < -0.39 is 36.5 Å². The van der Waals surface area contributed by atoms with Crippen LogP contribution in [0.3, 0.4) is 0 Å². The average molecular weight is 327 g/mol. The second-order valence-corrected chi connectivity index (χ2v) is 4.94. The number of aliphatic hydroxyl groups is 2. The predicted octanol–water partition coefficient (Wildman–Crippen LogP) is 0.220. The maximum absolute atomic E-state index is 14.4. The van der Waals surface area contributed by atoms with Crippen LogP contribution in [-0.2, 0) is 4.74 Å². The minimum Gasteiger partial charge on any atom is -0.393 e. The standard InChI is InChI=1S/C11H11F2N7O3/c12-4-1-5(20-7(4)10(14)16-3-17-20)8-6(13)9(22)11(2-21,23-8)18-19-15/h1,3,6,8-9,21-22H,2H2,(H2,14,16,17)/t6-,8-,9-,11+/m0/s1. The third-order valence-corrected chi connectivity index (χ3v) is 3.68. The van der Waals surface area contributed by atoms with Crippen LogP contribution in [0.1, 0.15) is 11.8 Å². The summed E-state index contributed by atoms with van der Waals surface area (Å²) in [6, 6.07) is 0.924. The Morgan fingerprint density at radius 2 is 2.35 bits per heavy atom. The van der Waals surface area contributed by atoms with Gasteiger partial charge in [0, 0.05) is 11.0 Å². The molecular formula is C11H11F2N7O3. The fourth-order valence-electron chi connectivity index (χ4n) is 2.56. The number of azide groups is 1. The van der Waals surface area contributed by atoms with Crippen molar-refractivity contribution in [1.29, 1.82) is 0 Å². The van der Waals surface area contributed by atoms with Gasteiger partial charge in [0.1, 0.15) is 24.1 Å². The number of hydrogen-bond acceptors (Lipinski definition) is 7. The fourth-order valence-corrected chi connectivity index (χ4v) is 2.56. The number of nitrogen functional groups attached to an aromatic ring is 1. The van der Waals surface area contributed by atoms with Gasteiger partial charge in [-0.25, -0.2) is 18.3 Å². The monoisotopic (exact) mass is 327 g/mol. The van der Waals surface area contributed by atoms with E-state index >= 15 is 0 Å². The van der Waals surface area contributed by atoms with Crippen molar-refractivity contribution in [3.8, 4) is 0 Å². The molecule has 3 rings (SSSR count).